The summed E-state index contributed by atoms with van der Waals surface area (Å²) in [7, 11) is 0. The number of carbonyl (C=O) groups is 1. The maximum absolute atomic E-state index is 13.8. The van der Waals surface area contributed by atoms with Crippen molar-refractivity contribution in [3.05, 3.63) is 58.5 Å². The number of nitrogens with one attached hydrogen (secondary N) is 1. The molecule has 2 aliphatic heterocycles. The summed E-state index contributed by atoms with van der Waals surface area (Å²) in [6.07, 6.45) is 0.445. The number of fused-ring (bicyclic) bond motifs is 2. The summed E-state index contributed by atoms with van der Waals surface area (Å²) in [6.45, 7) is 2.41. The van der Waals surface area contributed by atoms with Crippen LogP contribution in [0.5, 0.6) is 11.5 Å². The first-order valence-corrected chi connectivity index (χ1v) is 10.1. The van der Waals surface area contributed by atoms with Crippen LogP contribution in [0.3, 0.4) is 0 Å². The van der Waals surface area contributed by atoms with Gasteiger partial charge >= 0.3 is 0 Å². The Labute approximate surface area is 181 Å². The van der Waals surface area contributed by atoms with E-state index in [0.717, 1.165) is 11.3 Å². The number of aryl methyl sites for hydroxylation is 1. The molecule has 31 heavy (non-hydrogen) atoms. The molecule has 0 saturated heterocycles. The number of benzene rings is 2. The maximum atomic E-state index is 13.8. The molecule has 2 aliphatic rings. The molecule has 3 heterocycles. The summed E-state index contributed by atoms with van der Waals surface area (Å²) in [6, 6.07) is 7.89. The van der Waals surface area contributed by atoms with Crippen LogP contribution in [-0.2, 0) is 17.8 Å². The maximum Gasteiger partial charge on any atom is 0.262 e. The zero-order valence-electron chi connectivity index (χ0n) is 16.5. The van der Waals surface area contributed by atoms with E-state index >= 15 is 0 Å². The van der Waals surface area contributed by atoms with Crippen molar-refractivity contribution in [1.82, 2.24) is 10.1 Å². The van der Waals surface area contributed by atoms with Gasteiger partial charge in [0.25, 0.3) is 5.91 Å². The minimum atomic E-state index is -0.378. The summed E-state index contributed by atoms with van der Waals surface area (Å²) in [4.78, 5) is 18.1. The number of nitrogens with zero attached hydrogens (tertiary/aromatic N) is 3. The molecule has 10 heteroatoms. The topological polar surface area (TPSA) is 89.7 Å². The summed E-state index contributed by atoms with van der Waals surface area (Å²) in [5.74, 6) is 1.37. The van der Waals surface area contributed by atoms with Gasteiger partial charge in [0.1, 0.15) is 29.6 Å². The first kappa shape index (κ1) is 19.6. The molecule has 0 bridgehead atoms. The molecular formula is C21H18ClFN4O4. The van der Waals surface area contributed by atoms with E-state index in [4.69, 9.17) is 25.6 Å². The third-order valence-corrected chi connectivity index (χ3v) is 5.66. The van der Waals surface area contributed by atoms with Crippen LogP contribution in [0.4, 0.5) is 15.8 Å². The molecular weight excluding hydrogens is 427 g/mol. The predicted octanol–water partition coefficient (Wildman–Crippen LogP) is 3.51. The number of hydrogen-bond acceptors (Lipinski definition) is 7. The van der Waals surface area contributed by atoms with E-state index in [1.807, 2.05) is 6.07 Å². The lowest BCUT2D eigenvalue weighted by Crippen LogP contribution is -2.44. The molecule has 1 amide bonds. The van der Waals surface area contributed by atoms with Crippen LogP contribution in [0.15, 0.2) is 34.9 Å². The van der Waals surface area contributed by atoms with Crippen molar-refractivity contribution in [2.24, 2.45) is 0 Å². The number of hydrogen-bond donors (Lipinski definition) is 1. The van der Waals surface area contributed by atoms with Gasteiger partial charge in [-0.15, -0.1) is 0 Å². The van der Waals surface area contributed by atoms with E-state index in [1.165, 1.54) is 12.1 Å². The van der Waals surface area contributed by atoms with Crippen molar-refractivity contribution in [1.29, 1.82) is 0 Å². The summed E-state index contributed by atoms with van der Waals surface area (Å²) in [5.41, 5.74) is 1.95. The largest absolute Gasteiger partial charge is 0.489 e. The highest BCUT2D eigenvalue weighted by atomic mass is 35.5. The summed E-state index contributed by atoms with van der Waals surface area (Å²) < 4.78 is 30.3. The molecule has 1 aromatic heterocycles. The van der Waals surface area contributed by atoms with Gasteiger partial charge < -0.3 is 24.2 Å². The highest BCUT2D eigenvalue weighted by molar-refractivity contribution is 6.35. The van der Waals surface area contributed by atoms with Crippen LogP contribution in [0, 0.1) is 12.7 Å². The third-order valence-electron chi connectivity index (χ3n) is 5.23. The molecule has 0 aliphatic carbocycles. The average Bonchev–Trinajstić information content (AvgIpc) is 3.16. The first-order valence-electron chi connectivity index (χ1n) is 9.70. The lowest BCUT2D eigenvalue weighted by atomic mass is 10.1. The quantitative estimate of drug-likeness (QED) is 0.658. The van der Waals surface area contributed by atoms with E-state index in [9.17, 15) is 9.18 Å². The van der Waals surface area contributed by atoms with Crippen LogP contribution < -0.4 is 19.7 Å². The van der Waals surface area contributed by atoms with Gasteiger partial charge in [-0.1, -0.05) is 22.8 Å². The molecule has 8 nitrogen and oxygen atoms in total. The van der Waals surface area contributed by atoms with Gasteiger partial charge in [-0.2, -0.15) is 4.98 Å². The Hall–Kier alpha value is -3.33. The van der Waals surface area contributed by atoms with E-state index in [0.29, 0.717) is 53.5 Å². The van der Waals surface area contributed by atoms with Gasteiger partial charge in [0, 0.05) is 12.6 Å². The van der Waals surface area contributed by atoms with Crippen molar-refractivity contribution in [2.45, 2.75) is 25.9 Å². The van der Waals surface area contributed by atoms with E-state index in [2.05, 4.69) is 20.4 Å². The lowest BCUT2D eigenvalue weighted by Gasteiger charge is -2.38. The average molecular weight is 445 g/mol. The summed E-state index contributed by atoms with van der Waals surface area (Å²) >= 11 is 6.62. The highest BCUT2D eigenvalue weighted by Crippen LogP contribution is 2.41. The Bertz CT molecular complexity index is 1170. The van der Waals surface area contributed by atoms with Crippen LogP contribution in [0.25, 0.3) is 0 Å². The second-order valence-electron chi connectivity index (χ2n) is 7.39. The Kier molecular flexibility index (Phi) is 4.90. The lowest BCUT2D eigenvalue weighted by molar-refractivity contribution is -0.118. The molecule has 0 fully saturated rings. The van der Waals surface area contributed by atoms with Crippen LogP contribution >= 0.6 is 11.6 Å². The van der Waals surface area contributed by atoms with Crippen LogP contribution in [-0.4, -0.2) is 35.3 Å². The Balaban J connectivity index is 1.50. The number of aromatic nitrogens is 2. The molecule has 0 spiro atoms. The molecule has 1 atom stereocenters. The van der Waals surface area contributed by atoms with Gasteiger partial charge in [0.05, 0.1) is 23.2 Å². The zero-order chi connectivity index (χ0) is 21.5. The Morgan fingerprint density at radius 3 is 2.94 bits per heavy atom. The van der Waals surface area contributed by atoms with Gasteiger partial charge in [0.2, 0.25) is 5.89 Å². The van der Waals surface area contributed by atoms with Crippen molar-refractivity contribution in [3.8, 4) is 11.5 Å². The Morgan fingerprint density at radius 2 is 2.13 bits per heavy atom. The van der Waals surface area contributed by atoms with Crippen LogP contribution in [0.1, 0.15) is 17.3 Å². The van der Waals surface area contributed by atoms with Crippen molar-refractivity contribution in [2.75, 3.05) is 23.4 Å². The van der Waals surface area contributed by atoms with Crippen LogP contribution in [0.2, 0.25) is 5.02 Å². The molecule has 1 N–H and O–H groups in total. The number of halogens is 2. The normalized spacial score (nSPS) is 17.3. The van der Waals surface area contributed by atoms with Crippen molar-refractivity contribution < 1.29 is 23.2 Å². The SMILES string of the molecule is Cc1noc(C[C@H]2COc3cc(F)ccc3N2Cc2ccc3c(c2Cl)NC(=O)CO3)n1. The molecule has 2 aromatic carbocycles. The molecule has 0 radical (unpaired) electrons. The number of amides is 1. The van der Waals surface area contributed by atoms with E-state index < -0.39 is 0 Å². The predicted molar refractivity (Wildman–Crippen MR) is 110 cm³/mol. The van der Waals surface area contributed by atoms with Crippen molar-refractivity contribution >= 4 is 28.9 Å². The number of carbonyl (C=O) groups excluding carboxylic acids is 1. The fourth-order valence-corrected chi connectivity index (χ4v) is 4.05. The molecule has 3 aromatic rings. The fraction of sp³-hybridized carbons (Fsp3) is 0.286. The van der Waals surface area contributed by atoms with E-state index in [1.54, 1.807) is 19.1 Å². The van der Waals surface area contributed by atoms with Gasteiger partial charge in [-0.25, -0.2) is 4.39 Å². The third kappa shape index (κ3) is 3.76. The van der Waals surface area contributed by atoms with Crippen molar-refractivity contribution in [3.63, 3.8) is 0 Å². The second kappa shape index (κ2) is 7.73. The first-order chi connectivity index (χ1) is 15.0. The van der Waals surface area contributed by atoms with Gasteiger partial charge in [0.15, 0.2) is 12.4 Å². The number of rotatable bonds is 4. The Morgan fingerprint density at radius 1 is 1.26 bits per heavy atom. The van der Waals surface area contributed by atoms with Gasteiger partial charge in [-0.05, 0) is 30.7 Å². The van der Waals surface area contributed by atoms with Gasteiger partial charge in [-0.3, -0.25) is 4.79 Å². The van der Waals surface area contributed by atoms with E-state index in [-0.39, 0.29) is 24.4 Å². The minimum Gasteiger partial charge on any atom is -0.489 e. The standard InChI is InChI=1S/C21H18ClFN4O4/c1-11-24-19(31-26-11)7-14-9-29-17-6-13(23)3-4-15(17)27(14)8-12-2-5-16-21(20(12)22)25-18(28)10-30-16/h2-6,14H,7-10H2,1H3,(H,25,28)/t14-/m0/s1. The number of ether oxygens (including phenoxy) is 2. The zero-order valence-corrected chi connectivity index (χ0v) is 17.3. The number of anilines is 2. The monoisotopic (exact) mass is 444 g/mol. The molecule has 160 valence electrons. The molecule has 0 unspecified atom stereocenters. The highest BCUT2D eigenvalue weighted by Gasteiger charge is 2.31. The smallest absolute Gasteiger partial charge is 0.262 e. The second-order valence-corrected chi connectivity index (χ2v) is 7.77. The minimum absolute atomic E-state index is 0.0449. The molecule has 5 rings (SSSR count). The summed E-state index contributed by atoms with van der Waals surface area (Å²) in [5, 5.41) is 7.01. The molecule has 0 saturated carbocycles. The fourth-order valence-electron chi connectivity index (χ4n) is 3.78.